The first-order valence-electron chi connectivity index (χ1n) is 4.37. The smallest absolute Gasteiger partial charge is 0.323 e. The van der Waals surface area contributed by atoms with E-state index in [9.17, 15) is 9.59 Å². The first kappa shape index (κ1) is 12.1. The predicted octanol–water partition coefficient (Wildman–Crippen LogP) is 1.30. The van der Waals surface area contributed by atoms with Crippen LogP contribution in [-0.2, 0) is 4.79 Å². The third-order valence-electron chi connectivity index (χ3n) is 1.67. The normalized spacial score (nSPS) is 9.19. The van der Waals surface area contributed by atoms with E-state index >= 15 is 0 Å². The number of terminal acetylenes is 1. The topological polar surface area (TPSA) is 69.6 Å². The molecule has 0 aromatic carbocycles. The third-order valence-corrected chi connectivity index (χ3v) is 2.35. The van der Waals surface area contributed by atoms with Crippen LogP contribution in [0.15, 0.2) is 16.8 Å². The number of nitrogens with one attached hydrogen (secondary N) is 1. The van der Waals surface area contributed by atoms with Crippen molar-refractivity contribution >= 4 is 29.0 Å². The largest absolute Gasteiger partial charge is 0.480 e. The van der Waals surface area contributed by atoms with E-state index < -0.39 is 18.5 Å². The minimum absolute atomic E-state index is 0.0394. The second kappa shape index (κ2) is 5.78. The average molecular weight is 238 g/mol. The van der Waals surface area contributed by atoms with Gasteiger partial charge in [0, 0.05) is 5.38 Å². The number of carbonyl (C=O) groups excluding carboxylic acids is 1. The maximum Gasteiger partial charge on any atom is 0.323 e. The van der Waals surface area contributed by atoms with Crippen LogP contribution in [0.1, 0.15) is 0 Å². The minimum atomic E-state index is -1.10. The Morgan fingerprint density at radius 3 is 2.88 bits per heavy atom. The number of nitrogens with zero attached hydrogens (tertiary/aromatic N) is 1. The van der Waals surface area contributed by atoms with Crippen molar-refractivity contribution in [3.63, 3.8) is 0 Å². The number of carboxylic acids is 1. The molecule has 0 radical (unpaired) electrons. The van der Waals surface area contributed by atoms with E-state index in [1.165, 1.54) is 11.3 Å². The molecule has 2 amide bonds. The van der Waals surface area contributed by atoms with Crippen molar-refractivity contribution < 1.29 is 14.7 Å². The van der Waals surface area contributed by atoms with Crippen LogP contribution >= 0.6 is 11.3 Å². The van der Waals surface area contributed by atoms with Gasteiger partial charge in [-0.3, -0.25) is 4.79 Å². The quantitative estimate of drug-likeness (QED) is 0.777. The standard InChI is InChI=1S/C10H10N2O3S/c1-2-4-12(6-9(13)14)10(15)11-8-3-5-16-7-8/h1,3,5,7H,4,6H2,(H,11,15)(H,13,14). The Kier molecular flexibility index (Phi) is 4.36. The highest BCUT2D eigenvalue weighted by Gasteiger charge is 2.15. The predicted molar refractivity (Wildman–Crippen MR) is 61.4 cm³/mol. The van der Waals surface area contributed by atoms with Gasteiger partial charge in [-0.25, -0.2) is 4.79 Å². The van der Waals surface area contributed by atoms with E-state index in [0.717, 1.165) is 4.90 Å². The Morgan fingerprint density at radius 1 is 1.62 bits per heavy atom. The van der Waals surface area contributed by atoms with Crippen LogP contribution in [0.2, 0.25) is 0 Å². The first-order chi connectivity index (χ1) is 7.63. The van der Waals surface area contributed by atoms with Gasteiger partial charge >= 0.3 is 12.0 Å². The van der Waals surface area contributed by atoms with Crippen LogP contribution in [0.3, 0.4) is 0 Å². The van der Waals surface area contributed by atoms with E-state index in [1.807, 2.05) is 0 Å². The molecule has 1 rings (SSSR count). The summed E-state index contributed by atoms with van der Waals surface area (Å²) in [4.78, 5) is 23.1. The minimum Gasteiger partial charge on any atom is -0.480 e. The van der Waals surface area contributed by atoms with Gasteiger partial charge < -0.3 is 15.3 Å². The number of hydrogen-bond donors (Lipinski definition) is 2. The van der Waals surface area contributed by atoms with E-state index in [0.29, 0.717) is 5.69 Å². The van der Waals surface area contributed by atoms with Gasteiger partial charge in [0.1, 0.15) is 6.54 Å². The molecule has 5 nitrogen and oxygen atoms in total. The lowest BCUT2D eigenvalue weighted by Crippen LogP contribution is -2.38. The zero-order chi connectivity index (χ0) is 12.0. The summed E-state index contributed by atoms with van der Waals surface area (Å²) < 4.78 is 0. The van der Waals surface area contributed by atoms with Gasteiger partial charge in [-0.15, -0.1) is 6.42 Å². The fourth-order valence-corrected chi connectivity index (χ4v) is 1.60. The molecular formula is C10H10N2O3S. The molecule has 1 aromatic heterocycles. The molecule has 0 atom stereocenters. The lowest BCUT2D eigenvalue weighted by Gasteiger charge is -2.17. The lowest BCUT2D eigenvalue weighted by molar-refractivity contribution is -0.137. The highest BCUT2D eigenvalue weighted by Crippen LogP contribution is 2.12. The summed E-state index contributed by atoms with van der Waals surface area (Å²) >= 11 is 1.43. The van der Waals surface area contributed by atoms with Crippen LogP contribution < -0.4 is 5.32 Å². The molecular weight excluding hydrogens is 228 g/mol. The zero-order valence-electron chi connectivity index (χ0n) is 8.34. The van der Waals surface area contributed by atoms with Crippen molar-refractivity contribution in [3.05, 3.63) is 16.8 Å². The summed E-state index contributed by atoms with van der Waals surface area (Å²) in [6.45, 7) is -0.456. The molecule has 1 heterocycles. The Hall–Kier alpha value is -2.00. The van der Waals surface area contributed by atoms with Gasteiger partial charge in [0.25, 0.3) is 0 Å². The van der Waals surface area contributed by atoms with Crippen molar-refractivity contribution in [2.75, 3.05) is 18.4 Å². The summed E-state index contributed by atoms with van der Waals surface area (Å²) in [6.07, 6.45) is 5.05. The second-order valence-electron chi connectivity index (χ2n) is 2.90. The highest BCUT2D eigenvalue weighted by atomic mass is 32.1. The van der Waals surface area contributed by atoms with Crippen molar-refractivity contribution in [3.8, 4) is 12.3 Å². The van der Waals surface area contributed by atoms with E-state index in [1.54, 1.807) is 16.8 Å². The molecule has 16 heavy (non-hydrogen) atoms. The van der Waals surface area contributed by atoms with Crippen molar-refractivity contribution in [2.45, 2.75) is 0 Å². The van der Waals surface area contributed by atoms with E-state index in [-0.39, 0.29) is 6.54 Å². The molecule has 0 saturated carbocycles. The molecule has 0 spiro atoms. The number of hydrogen-bond acceptors (Lipinski definition) is 3. The maximum atomic E-state index is 11.6. The van der Waals surface area contributed by atoms with Gasteiger partial charge in [-0.1, -0.05) is 5.92 Å². The molecule has 0 saturated heterocycles. The molecule has 0 fully saturated rings. The summed E-state index contributed by atoms with van der Waals surface area (Å²) in [5.74, 6) is 1.14. The molecule has 2 N–H and O–H groups in total. The molecule has 1 aromatic rings. The number of rotatable bonds is 4. The molecule has 0 unspecified atom stereocenters. The number of carbonyl (C=O) groups is 2. The number of amides is 2. The molecule has 0 aliphatic carbocycles. The number of thiophene rings is 1. The van der Waals surface area contributed by atoms with Crippen LogP contribution in [0.25, 0.3) is 0 Å². The summed E-state index contributed by atoms with van der Waals surface area (Å²) in [6, 6.07) is 1.20. The Balaban J connectivity index is 2.60. The average Bonchev–Trinajstić information content (AvgIpc) is 2.69. The van der Waals surface area contributed by atoms with Crippen LogP contribution in [0.5, 0.6) is 0 Å². The highest BCUT2D eigenvalue weighted by molar-refractivity contribution is 7.08. The third kappa shape index (κ3) is 3.63. The lowest BCUT2D eigenvalue weighted by atomic mass is 10.4. The second-order valence-corrected chi connectivity index (χ2v) is 3.68. The Bertz CT molecular complexity index is 408. The fourth-order valence-electron chi connectivity index (χ4n) is 1.01. The van der Waals surface area contributed by atoms with Crippen molar-refractivity contribution in [1.29, 1.82) is 0 Å². The van der Waals surface area contributed by atoms with Gasteiger partial charge in [0.05, 0.1) is 12.2 Å². The Morgan fingerprint density at radius 2 is 2.38 bits per heavy atom. The summed E-state index contributed by atoms with van der Waals surface area (Å²) in [7, 11) is 0. The number of anilines is 1. The van der Waals surface area contributed by atoms with Gasteiger partial charge in [-0.05, 0) is 11.4 Å². The van der Waals surface area contributed by atoms with E-state index in [2.05, 4.69) is 11.2 Å². The van der Waals surface area contributed by atoms with Gasteiger partial charge in [0.15, 0.2) is 0 Å². The Labute approximate surface area is 96.7 Å². The zero-order valence-corrected chi connectivity index (χ0v) is 9.16. The molecule has 6 heteroatoms. The van der Waals surface area contributed by atoms with Crippen molar-refractivity contribution in [1.82, 2.24) is 4.90 Å². The summed E-state index contributed by atoms with van der Waals surface area (Å²) in [5, 5.41) is 14.7. The fraction of sp³-hybridized carbons (Fsp3) is 0.200. The van der Waals surface area contributed by atoms with E-state index in [4.69, 9.17) is 11.5 Å². The number of aliphatic carboxylic acids is 1. The van der Waals surface area contributed by atoms with Crippen LogP contribution in [0, 0.1) is 12.3 Å². The molecule has 84 valence electrons. The molecule has 0 aliphatic rings. The SMILES string of the molecule is C#CCN(CC(=O)O)C(=O)Nc1ccsc1. The maximum absolute atomic E-state index is 11.6. The van der Waals surface area contributed by atoms with Crippen LogP contribution in [-0.4, -0.2) is 35.1 Å². The van der Waals surface area contributed by atoms with Crippen LogP contribution in [0.4, 0.5) is 10.5 Å². The van der Waals surface area contributed by atoms with Gasteiger partial charge in [0.2, 0.25) is 0 Å². The molecule has 0 bridgehead atoms. The monoisotopic (exact) mass is 238 g/mol. The van der Waals surface area contributed by atoms with Crippen molar-refractivity contribution in [2.24, 2.45) is 0 Å². The van der Waals surface area contributed by atoms with Gasteiger partial charge in [-0.2, -0.15) is 11.3 Å². The first-order valence-corrected chi connectivity index (χ1v) is 5.31. The molecule has 0 aliphatic heterocycles. The number of urea groups is 1. The summed E-state index contributed by atoms with van der Waals surface area (Å²) in [5.41, 5.74) is 0.627. The number of carboxylic acid groups (broad SMARTS) is 1.